The van der Waals surface area contributed by atoms with Gasteiger partial charge in [-0.2, -0.15) is 0 Å². The summed E-state index contributed by atoms with van der Waals surface area (Å²) < 4.78 is 16.5. The van der Waals surface area contributed by atoms with Gasteiger partial charge in [0.15, 0.2) is 6.20 Å². The summed E-state index contributed by atoms with van der Waals surface area (Å²) in [5.74, 6) is 0.768. The molecule has 1 aliphatic carbocycles. The van der Waals surface area contributed by atoms with Crippen LogP contribution in [0.3, 0.4) is 0 Å². The van der Waals surface area contributed by atoms with Crippen LogP contribution in [0.1, 0.15) is 47.9 Å². The van der Waals surface area contributed by atoms with Crippen molar-refractivity contribution in [3.63, 3.8) is 0 Å². The average Bonchev–Trinajstić information content (AvgIpc) is 3.16. The van der Waals surface area contributed by atoms with Gasteiger partial charge in [0.1, 0.15) is 12.9 Å². The number of aryl methyl sites for hydroxylation is 2. The zero-order valence-corrected chi connectivity index (χ0v) is 16.9. The minimum absolute atomic E-state index is 0.0852. The summed E-state index contributed by atoms with van der Waals surface area (Å²) in [6.07, 6.45) is 8.85. The van der Waals surface area contributed by atoms with E-state index < -0.39 is 0 Å². The molecule has 0 radical (unpaired) electrons. The van der Waals surface area contributed by atoms with Crippen LogP contribution in [0, 0.1) is 32.5 Å². The average molecular weight is 363 g/mol. The number of halogens is 1. The Morgan fingerprint density at radius 2 is 1.74 bits per heavy atom. The van der Waals surface area contributed by atoms with Crippen LogP contribution in [0.2, 0.25) is 0 Å². The number of nitrogens with zero attached hydrogens (tertiary/aromatic N) is 1. The third kappa shape index (κ3) is 3.26. The normalized spacial score (nSPS) is 15.0. The molecule has 1 heterocycles. The fourth-order valence-electron chi connectivity index (χ4n) is 4.73. The highest BCUT2D eigenvalue weighted by molar-refractivity contribution is 5.94. The highest BCUT2D eigenvalue weighted by Gasteiger charge is 2.21. The molecule has 3 aromatic rings. The smallest absolute Gasteiger partial charge is 0.206 e. The number of benzene rings is 2. The van der Waals surface area contributed by atoms with E-state index in [0.717, 1.165) is 22.6 Å². The van der Waals surface area contributed by atoms with Crippen molar-refractivity contribution in [2.24, 2.45) is 13.0 Å². The van der Waals surface area contributed by atoms with E-state index >= 15 is 0 Å². The van der Waals surface area contributed by atoms with E-state index in [2.05, 4.69) is 42.1 Å². The van der Waals surface area contributed by atoms with E-state index in [9.17, 15) is 4.39 Å². The number of hydrogen-bond acceptors (Lipinski definition) is 0. The lowest BCUT2D eigenvalue weighted by Gasteiger charge is -2.14. The van der Waals surface area contributed by atoms with Gasteiger partial charge in [0.2, 0.25) is 5.69 Å². The van der Waals surface area contributed by atoms with Gasteiger partial charge in [-0.25, -0.2) is 8.96 Å². The molecule has 0 saturated heterocycles. The van der Waals surface area contributed by atoms with E-state index in [1.165, 1.54) is 54.1 Å². The fraction of sp³-hybridized carbons (Fsp3) is 0.400. The van der Waals surface area contributed by atoms with E-state index in [1.54, 1.807) is 0 Å². The van der Waals surface area contributed by atoms with E-state index in [4.69, 9.17) is 0 Å². The molecule has 27 heavy (non-hydrogen) atoms. The zero-order valence-electron chi connectivity index (χ0n) is 16.9. The van der Waals surface area contributed by atoms with Crippen molar-refractivity contribution < 1.29 is 8.96 Å². The van der Waals surface area contributed by atoms with Crippen molar-refractivity contribution in [1.29, 1.82) is 0 Å². The molecule has 0 spiro atoms. The van der Waals surface area contributed by atoms with Crippen molar-refractivity contribution >= 4 is 10.8 Å². The van der Waals surface area contributed by atoms with Crippen LogP contribution < -0.4 is 4.57 Å². The Balaban J connectivity index is 1.85. The van der Waals surface area contributed by atoms with Crippen LogP contribution in [-0.2, 0) is 13.5 Å². The maximum absolute atomic E-state index is 14.3. The maximum Gasteiger partial charge on any atom is 0.220 e. The quantitative estimate of drug-likeness (QED) is 0.494. The number of hydrogen-bond donors (Lipinski definition) is 0. The molecule has 1 saturated carbocycles. The minimum Gasteiger partial charge on any atom is -0.206 e. The molecule has 0 atom stereocenters. The highest BCUT2D eigenvalue weighted by atomic mass is 19.1. The van der Waals surface area contributed by atoms with Gasteiger partial charge < -0.3 is 0 Å². The van der Waals surface area contributed by atoms with Gasteiger partial charge in [0.25, 0.3) is 0 Å². The molecule has 1 nitrogen and oxygen atoms in total. The second-order valence-corrected chi connectivity index (χ2v) is 8.36. The molecule has 2 aromatic carbocycles. The van der Waals surface area contributed by atoms with Gasteiger partial charge in [-0.05, 0) is 72.9 Å². The van der Waals surface area contributed by atoms with Crippen LogP contribution in [0.15, 0.2) is 36.5 Å². The Kier molecular flexibility index (Phi) is 4.75. The molecule has 0 bridgehead atoms. The van der Waals surface area contributed by atoms with Gasteiger partial charge in [-0.3, -0.25) is 0 Å². The van der Waals surface area contributed by atoms with Gasteiger partial charge >= 0.3 is 0 Å². The number of pyridine rings is 1. The van der Waals surface area contributed by atoms with Crippen molar-refractivity contribution in [2.75, 3.05) is 0 Å². The zero-order chi connectivity index (χ0) is 19.1. The molecule has 0 amide bonds. The van der Waals surface area contributed by atoms with E-state index in [-0.39, 0.29) is 5.82 Å². The van der Waals surface area contributed by atoms with Gasteiger partial charge in [-0.15, -0.1) is 0 Å². The molecule has 1 fully saturated rings. The van der Waals surface area contributed by atoms with Crippen LogP contribution in [-0.4, -0.2) is 0 Å². The Labute approximate surface area is 161 Å². The Morgan fingerprint density at radius 1 is 1.00 bits per heavy atom. The number of aromatic nitrogens is 1. The predicted molar refractivity (Wildman–Crippen MR) is 110 cm³/mol. The first-order chi connectivity index (χ1) is 13.0. The molecular formula is C25H29FN+. The van der Waals surface area contributed by atoms with Crippen molar-refractivity contribution in [1.82, 2.24) is 0 Å². The first kappa shape index (κ1) is 18.2. The third-order valence-corrected chi connectivity index (χ3v) is 6.46. The number of fused-ring (bicyclic) bond motifs is 1. The lowest BCUT2D eigenvalue weighted by Crippen LogP contribution is -2.31. The molecule has 1 aliphatic rings. The molecular weight excluding hydrogens is 333 g/mol. The lowest BCUT2D eigenvalue weighted by atomic mass is 9.92. The first-order valence-corrected chi connectivity index (χ1v) is 10.1. The van der Waals surface area contributed by atoms with Crippen LogP contribution in [0.5, 0.6) is 0 Å². The molecule has 4 rings (SSSR count). The summed E-state index contributed by atoms with van der Waals surface area (Å²) in [6.45, 7) is 5.77. The van der Waals surface area contributed by atoms with Crippen molar-refractivity contribution in [3.05, 3.63) is 64.6 Å². The summed E-state index contributed by atoms with van der Waals surface area (Å²) in [5, 5.41) is 2.52. The minimum atomic E-state index is -0.0852. The molecule has 140 valence electrons. The number of rotatable bonds is 3. The second kappa shape index (κ2) is 7.07. The van der Waals surface area contributed by atoms with Gasteiger partial charge in [0.05, 0.1) is 10.9 Å². The largest absolute Gasteiger partial charge is 0.220 e. The Hall–Kier alpha value is -2.22. The predicted octanol–water partition coefficient (Wildman–Crippen LogP) is 6.13. The highest BCUT2D eigenvalue weighted by Crippen LogP contribution is 2.33. The third-order valence-electron chi connectivity index (χ3n) is 6.46. The van der Waals surface area contributed by atoms with Crippen molar-refractivity contribution in [3.8, 4) is 11.3 Å². The Morgan fingerprint density at radius 3 is 2.48 bits per heavy atom. The molecule has 2 heteroatoms. The second-order valence-electron chi connectivity index (χ2n) is 8.36. The SMILES string of the molecule is Cc1cc(-c2c3ccc(CC4CCCC4)cc3cc[n+]2C)c(C)c(C)c1F. The summed E-state index contributed by atoms with van der Waals surface area (Å²) >= 11 is 0. The molecule has 0 aliphatic heterocycles. The summed E-state index contributed by atoms with van der Waals surface area (Å²) in [7, 11) is 2.08. The molecule has 1 aromatic heterocycles. The van der Waals surface area contributed by atoms with Gasteiger partial charge in [-0.1, -0.05) is 37.8 Å². The molecule has 0 unspecified atom stereocenters. The maximum atomic E-state index is 14.3. The van der Waals surface area contributed by atoms with E-state index in [0.29, 0.717) is 5.56 Å². The monoisotopic (exact) mass is 362 g/mol. The van der Waals surface area contributed by atoms with Crippen LogP contribution in [0.25, 0.3) is 22.0 Å². The summed E-state index contributed by atoms with van der Waals surface area (Å²) in [4.78, 5) is 0. The summed E-state index contributed by atoms with van der Waals surface area (Å²) in [6, 6.07) is 11.1. The summed E-state index contributed by atoms with van der Waals surface area (Å²) in [5.41, 5.74) is 6.23. The van der Waals surface area contributed by atoms with Crippen LogP contribution >= 0.6 is 0 Å². The molecule has 0 N–H and O–H groups in total. The fourth-order valence-corrected chi connectivity index (χ4v) is 4.73. The lowest BCUT2D eigenvalue weighted by molar-refractivity contribution is -0.659. The van der Waals surface area contributed by atoms with E-state index in [1.807, 2.05) is 26.8 Å². The topological polar surface area (TPSA) is 3.88 Å². The first-order valence-electron chi connectivity index (χ1n) is 10.1. The Bertz CT molecular complexity index is 1010. The van der Waals surface area contributed by atoms with Crippen LogP contribution in [0.4, 0.5) is 4.39 Å². The standard InChI is InChI=1S/C25H29FN/c1-16-13-23(17(2)18(3)24(16)26)25-22-10-9-20(14-19-7-5-6-8-19)15-21(22)11-12-27(25)4/h9-13,15,19H,5-8,14H2,1-4H3/q+1. The van der Waals surface area contributed by atoms with Crippen molar-refractivity contribution in [2.45, 2.75) is 52.9 Å². The van der Waals surface area contributed by atoms with Gasteiger partial charge in [0, 0.05) is 6.07 Å².